The van der Waals surface area contributed by atoms with Gasteiger partial charge in [-0.15, -0.1) is 11.8 Å². The van der Waals surface area contributed by atoms with E-state index in [1.54, 1.807) is 11.8 Å². The Morgan fingerprint density at radius 3 is 2.71 bits per heavy atom. The smallest absolute Gasteiger partial charge is 0.233 e. The Morgan fingerprint density at radius 2 is 1.92 bits per heavy atom. The summed E-state index contributed by atoms with van der Waals surface area (Å²) in [7, 11) is 2.12. The van der Waals surface area contributed by atoms with E-state index >= 15 is 0 Å². The molecule has 0 radical (unpaired) electrons. The average Bonchev–Trinajstić information content (AvgIpc) is 3.04. The zero-order chi connectivity index (χ0) is 16.8. The number of benzene rings is 2. The molecule has 4 heteroatoms. The number of hydrogen-bond acceptors (Lipinski definition) is 3. The number of nitrogens with one attached hydrogen (secondary N) is 1. The molecule has 0 bridgehead atoms. The first kappa shape index (κ1) is 17.1. The highest BCUT2D eigenvalue weighted by Gasteiger charge is 2.27. The second kappa shape index (κ2) is 8.36. The van der Waals surface area contributed by atoms with Crippen LogP contribution in [0.3, 0.4) is 0 Å². The number of hydrogen-bond donors (Lipinski definition) is 1. The quantitative estimate of drug-likeness (QED) is 0.785. The topological polar surface area (TPSA) is 32.3 Å². The molecule has 0 aliphatic carbocycles. The summed E-state index contributed by atoms with van der Waals surface area (Å²) in [6, 6.07) is 18.8. The van der Waals surface area contributed by atoms with E-state index in [0.717, 1.165) is 32.5 Å². The van der Waals surface area contributed by atoms with Crippen LogP contribution in [0.4, 0.5) is 0 Å². The summed E-state index contributed by atoms with van der Waals surface area (Å²) in [6.07, 6.45) is 1.82. The molecule has 2 aromatic carbocycles. The number of thioether (sulfide) groups is 1. The number of carbonyl (C=O) groups is 1. The average molecular weight is 340 g/mol. The normalized spacial score (nSPS) is 16.2. The molecule has 0 aromatic heterocycles. The lowest BCUT2D eigenvalue weighted by Gasteiger charge is -2.17. The third kappa shape index (κ3) is 4.62. The van der Waals surface area contributed by atoms with Gasteiger partial charge in [0.15, 0.2) is 0 Å². The van der Waals surface area contributed by atoms with Crippen LogP contribution < -0.4 is 5.32 Å². The number of amides is 1. The van der Waals surface area contributed by atoms with Crippen LogP contribution in [0.2, 0.25) is 0 Å². The molecule has 0 unspecified atom stereocenters. The minimum Gasteiger partial charge on any atom is -0.355 e. The number of nitrogens with zero attached hydrogens (tertiary/aromatic N) is 1. The summed E-state index contributed by atoms with van der Waals surface area (Å²) in [5.41, 5.74) is 2.62. The summed E-state index contributed by atoms with van der Waals surface area (Å²) >= 11 is 1.69. The van der Waals surface area contributed by atoms with Gasteiger partial charge in [0.05, 0.1) is 5.25 Å². The summed E-state index contributed by atoms with van der Waals surface area (Å²) in [5.74, 6) is 0.168. The van der Waals surface area contributed by atoms with E-state index in [4.69, 9.17) is 0 Å². The van der Waals surface area contributed by atoms with Crippen molar-refractivity contribution in [1.29, 1.82) is 0 Å². The van der Waals surface area contributed by atoms with Gasteiger partial charge in [-0.25, -0.2) is 0 Å². The molecule has 0 saturated heterocycles. The van der Waals surface area contributed by atoms with E-state index in [9.17, 15) is 4.79 Å². The SMILES string of the molecule is CN(CCCNC(=O)[C@H]1Cc2ccccc2S1)Cc1ccccc1. The van der Waals surface area contributed by atoms with E-state index in [1.165, 1.54) is 16.0 Å². The maximum atomic E-state index is 12.3. The fraction of sp³-hybridized carbons (Fsp3) is 0.350. The first-order valence-electron chi connectivity index (χ1n) is 8.47. The van der Waals surface area contributed by atoms with E-state index < -0.39 is 0 Å². The molecule has 1 atom stereocenters. The first-order valence-corrected chi connectivity index (χ1v) is 9.35. The lowest BCUT2D eigenvalue weighted by Crippen LogP contribution is -2.34. The summed E-state index contributed by atoms with van der Waals surface area (Å²) < 4.78 is 0. The molecule has 24 heavy (non-hydrogen) atoms. The standard InChI is InChI=1S/C20H24N2OS/c1-22(15-16-8-3-2-4-9-16)13-7-12-21-20(23)19-14-17-10-5-6-11-18(17)24-19/h2-6,8-11,19H,7,12-15H2,1H3,(H,21,23)/t19-/m1/s1. The maximum Gasteiger partial charge on any atom is 0.233 e. The van der Waals surface area contributed by atoms with Crippen LogP contribution in [-0.2, 0) is 17.8 Å². The molecular formula is C20H24N2OS. The Kier molecular flexibility index (Phi) is 5.94. The van der Waals surface area contributed by atoms with Crippen molar-refractivity contribution < 1.29 is 4.79 Å². The Bertz CT molecular complexity index is 649. The van der Waals surface area contributed by atoms with Crippen LogP contribution in [0.5, 0.6) is 0 Å². The van der Waals surface area contributed by atoms with Crippen molar-refractivity contribution >= 4 is 17.7 Å². The largest absolute Gasteiger partial charge is 0.355 e. The van der Waals surface area contributed by atoms with E-state index in [-0.39, 0.29) is 11.2 Å². The molecule has 0 spiro atoms. The van der Waals surface area contributed by atoms with Crippen molar-refractivity contribution in [2.45, 2.75) is 29.5 Å². The van der Waals surface area contributed by atoms with Gasteiger partial charge in [-0.2, -0.15) is 0 Å². The van der Waals surface area contributed by atoms with Gasteiger partial charge in [0.25, 0.3) is 0 Å². The van der Waals surface area contributed by atoms with Crippen molar-refractivity contribution in [3.8, 4) is 0 Å². The highest BCUT2D eigenvalue weighted by atomic mass is 32.2. The van der Waals surface area contributed by atoms with Crippen LogP contribution in [0.1, 0.15) is 17.5 Å². The monoisotopic (exact) mass is 340 g/mol. The minimum absolute atomic E-state index is 0.0319. The molecule has 0 saturated carbocycles. The van der Waals surface area contributed by atoms with Crippen LogP contribution in [0.25, 0.3) is 0 Å². The third-order valence-electron chi connectivity index (χ3n) is 4.25. The first-order chi connectivity index (χ1) is 11.7. The van der Waals surface area contributed by atoms with Crippen LogP contribution in [0.15, 0.2) is 59.5 Å². The van der Waals surface area contributed by atoms with Gasteiger partial charge in [-0.1, -0.05) is 48.5 Å². The Balaban J connectivity index is 1.34. The number of carbonyl (C=O) groups excluding carboxylic acids is 1. The van der Waals surface area contributed by atoms with Crippen molar-refractivity contribution in [3.05, 3.63) is 65.7 Å². The molecule has 1 N–H and O–H groups in total. The van der Waals surface area contributed by atoms with E-state index in [2.05, 4.69) is 53.7 Å². The molecule has 1 aliphatic rings. The van der Waals surface area contributed by atoms with Crippen LogP contribution in [0, 0.1) is 0 Å². The summed E-state index contributed by atoms with van der Waals surface area (Å²) in [5, 5.41) is 3.12. The Labute approximate surface area is 148 Å². The number of fused-ring (bicyclic) bond motifs is 1. The fourth-order valence-electron chi connectivity index (χ4n) is 2.98. The fourth-order valence-corrected chi connectivity index (χ4v) is 4.20. The highest BCUT2D eigenvalue weighted by molar-refractivity contribution is 8.01. The van der Waals surface area contributed by atoms with Crippen molar-refractivity contribution in [2.75, 3.05) is 20.1 Å². The maximum absolute atomic E-state index is 12.3. The highest BCUT2D eigenvalue weighted by Crippen LogP contribution is 2.36. The molecule has 2 aromatic rings. The lowest BCUT2D eigenvalue weighted by atomic mass is 10.1. The Morgan fingerprint density at radius 1 is 1.17 bits per heavy atom. The molecular weight excluding hydrogens is 316 g/mol. The van der Waals surface area contributed by atoms with Crippen LogP contribution >= 0.6 is 11.8 Å². The molecule has 3 nitrogen and oxygen atoms in total. The van der Waals surface area contributed by atoms with Gasteiger partial charge in [0.1, 0.15) is 0 Å². The lowest BCUT2D eigenvalue weighted by molar-refractivity contribution is -0.120. The Hall–Kier alpha value is -1.78. The predicted octanol–water partition coefficient (Wildman–Crippen LogP) is 3.34. The molecule has 126 valence electrons. The molecule has 1 amide bonds. The van der Waals surface area contributed by atoms with Crippen molar-refractivity contribution in [2.24, 2.45) is 0 Å². The van der Waals surface area contributed by atoms with Gasteiger partial charge in [0, 0.05) is 18.0 Å². The minimum atomic E-state index is 0.0319. The second-order valence-corrected chi connectivity index (χ2v) is 7.53. The predicted molar refractivity (Wildman–Crippen MR) is 100 cm³/mol. The summed E-state index contributed by atoms with van der Waals surface area (Å²) in [6.45, 7) is 2.67. The third-order valence-corrected chi connectivity index (χ3v) is 5.57. The van der Waals surface area contributed by atoms with Gasteiger partial charge in [-0.3, -0.25) is 4.79 Å². The zero-order valence-corrected chi connectivity index (χ0v) is 14.9. The zero-order valence-electron chi connectivity index (χ0n) is 14.1. The molecule has 1 aliphatic heterocycles. The van der Waals surface area contributed by atoms with Gasteiger partial charge in [0.2, 0.25) is 5.91 Å². The second-order valence-electron chi connectivity index (χ2n) is 6.29. The number of rotatable bonds is 7. The van der Waals surface area contributed by atoms with E-state index in [0.29, 0.717) is 0 Å². The van der Waals surface area contributed by atoms with Gasteiger partial charge < -0.3 is 10.2 Å². The van der Waals surface area contributed by atoms with Gasteiger partial charge >= 0.3 is 0 Å². The molecule has 3 rings (SSSR count). The van der Waals surface area contributed by atoms with Crippen molar-refractivity contribution in [3.63, 3.8) is 0 Å². The van der Waals surface area contributed by atoms with E-state index in [1.807, 2.05) is 18.2 Å². The molecule has 1 heterocycles. The summed E-state index contributed by atoms with van der Waals surface area (Å²) in [4.78, 5) is 15.8. The van der Waals surface area contributed by atoms with Gasteiger partial charge in [-0.05, 0) is 43.6 Å². The molecule has 0 fully saturated rings. The van der Waals surface area contributed by atoms with Crippen LogP contribution in [-0.4, -0.2) is 36.2 Å². The van der Waals surface area contributed by atoms with Crippen molar-refractivity contribution in [1.82, 2.24) is 10.2 Å².